The second-order valence-corrected chi connectivity index (χ2v) is 22.7. The molecule has 72 heavy (non-hydrogen) atoms. The van der Waals surface area contributed by atoms with Gasteiger partial charge in [0.1, 0.15) is 48.0 Å². The number of anilines is 1. The van der Waals surface area contributed by atoms with Gasteiger partial charge in [0.05, 0.1) is 48.4 Å². The number of nitrogens with two attached hydrogens (primary N) is 1. The van der Waals surface area contributed by atoms with Gasteiger partial charge in [-0.25, -0.2) is 5.26 Å². The third kappa shape index (κ3) is 11.4. The van der Waals surface area contributed by atoms with Crippen LogP contribution in [0.25, 0.3) is 21.5 Å². The molecule has 0 bridgehead atoms. The summed E-state index contributed by atoms with van der Waals surface area (Å²) in [6.07, 6.45) is 0. The first kappa shape index (κ1) is 54.5. The molecule has 11 N–H and O–H groups in total. The fraction of sp³-hybridized carbons (Fsp3) is 0. The lowest BCUT2D eigenvalue weighted by molar-refractivity contribution is -0.432. The van der Waals surface area contributed by atoms with Crippen molar-refractivity contribution in [1.29, 1.82) is 0 Å². The summed E-state index contributed by atoms with van der Waals surface area (Å²) >= 11 is -0.0443. The number of benzene rings is 6. The molecule has 33 nitrogen and oxygen atoms in total. The van der Waals surface area contributed by atoms with Gasteiger partial charge in [-0.15, -0.1) is 29.9 Å². The lowest BCUT2D eigenvalue weighted by Gasteiger charge is -2.15. The van der Waals surface area contributed by atoms with Gasteiger partial charge in [0.2, 0.25) is 0 Å². The van der Waals surface area contributed by atoms with E-state index >= 15 is 0 Å². The third-order valence-electron chi connectivity index (χ3n) is 9.13. The predicted molar refractivity (Wildman–Crippen MR) is 237 cm³/mol. The number of nitrogen functional groups attached to an aromatic ring is 1. The molecular formula is C32H22N8O25S7. The summed E-state index contributed by atoms with van der Waals surface area (Å²) in [6.45, 7) is 0. The van der Waals surface area contributed by atoms with Gasteiger partial charge in [-0.1, -0.05) is 5.04 Å². The monoisotopic (exact) mass is 1140 g/mol. The first-order valence-electron chi connectivity index (χ1n) is 17.7. The number of fused-ring (bicyclic) bond motifs is 2. The molecule has 0 radical (unpaired) electrons. The van der Waals surface area contributed by atoms with E-state index < -0.39 is 178 Å². The molecule has 0 saturated heterocycles. The smallest absolute Gasteiger partial charge is 0.297 e. The standard InChI is InChI=1S/C32H22N8O25S7/c33-27-21(11-23(69(52,53)54)18-9-22(66-65-64-45)28(31(42)26(18)27)38-35-19-3-1-13(40(43)44)7-24(19)70(55,56)57)37-36-20-4-2-16-17(32(20)72(61,62)63)10-25(71(58,59)60)29(30(16)41)39-34-12-5-14(67(46,47)48)8-15(6-12)68(49,50)51/h1-11,41-42,45H,33H2,(H,46,47,48)(H,49,50,51)(H,52,53,54)(H,55,56,57)(H,58,59,60)(H,61,62,63). The van der Waals surface area contributed by atoms with Crippen molar-refractivity contribution in [3.63, 3.8) is 0 Å². The summed E-state index contributed by atoms with van der Waals surface area (Å²) in [7, 11) is -32.6. The van der Waals surface area contributed by atoms with Crippen molar-refractivity contribution < 1.29 is 108 Å². The van der Waals surface area contributed by atoms with Crippen LogP contribution in [0.1, 0.15) is 0 Å². The van der Waals surface area contributed by atoms with E-state index in [-0.39, 0.29) is 24.2 Å². The number of azo groups is 3. The van der Waals surface area contributed by atoms with E-state index in [2.05, 4.69) is 40.1 Å². The molecule has 0 atom stereocenters. The fourth-order valence-electron chi connectivity index (χ4n) is 6.18. The molecule has 0 aliphatic heterocycles. The Labute approximate surface area is 404 Å². The Hall–Kier alpha value is -6.87. The van der Waals surface area contributed by atoms with E-state index in [0.29, 0.717) is 36.4 Å². The summed E-state index contributed by atoms with van der Waals surface area (Å²) in [6, 6.07) is 5.88. The molecule has 6 rings (SSSR count). The molecule has 0 heterocycles. The number of aromatic hydroxyl groups is 2. The number of phenols is 2. The second kappa shape index (κ2) is 19.3. The van der Waals surface area contributed by atoms with E-state index in [1.807, 2.05) is 0 Å². The Morgan fingerprint density at radius 1 is 0.528 bits per heavy atom. The zero-order valence-electron chi connectivity index (χ0n) is 34.0. The van der Waals surface area contributed by atoms with Gasteiger partial charge >= 0.3 is 0 Å². The molecule has 0 spiro atoms. The van der Waals surface area contributed by atoms with Gasteiger partial charge in [-0.2, -0.15) is 55.6 Å². The minimum Gasteiger partial charge on any atom is -0.505 e. The highest BCUT2D eigenvalue weighted by molar-refractivity contribution is 7.94. The summed E-state index contributed by atoms with van der Waals surface area (Å²) in [5.41, 5.74) is -1.16. The Balaban J connectivity index is 1.59. The van der Waals surface area contributed by atoms with Crippen molar-refractivity contribution in [1.82, 2.24) is 0 Å². The van der Waals surface area contributed by atoms with Crippen LogP contribution in [0.15, 0.2) is 132 Å². The molecule has 0 unspecified atom stereocenters. The van der Waals surface area contributed by atoms with Gasteiger partial charge in [0, 0.05) is 28.3 Å². The zero-order valence-corrected chi connectivity index (χ0v) is 39.7. The Morgan fingerprint density at radius 2 is 1.07 bits per heavy atom. The number of rotatable bonds is 16. The molecule has 0 aromatic heterocycles. The van der Waals surface area contributed by atoms with Crippen LogP contribution in [0.3, 0.4) is 0 Å². The van der Waals surface area contributed by atoms with Crippen LogP contribution in [0, 0.1) is 10.1 Å². The van der Waals surface area contributed by atoms with Crippen molar-refractivity contribution in [2.24, 2.45) is 30.7 Å². The second-order valence-electron chi connectivity index (χ2n) is 13.6. The average Bonchev–Trinajstić information content (AvgIpc) is 3.24. The van der Waals surface area contributed by atoms with Crippen molar-refractivity contribution in [3.05, 3.63) is 76.8 Å². The highest BCUT2D eigenvalue weighted by Crippen LogP contribution is 2.51. The topological polar surface area (TPSA) is 549 Å². The van der Waals surface area contributed by atoms with E-state index in [9.17, 15) is 98.2 Å². The van der Waals surface area contributed by atoms with E-state index in [1.54, 1.807) is 0 Å². The number of nitrogens with zero attached hydrogens (tertiary/aromatic N) is 7. The Kier molecular flexibility index (Phi) is 14.6. The van der Waals surface area contributed by atoms with Crippen molar-refractivity contribution in [2.45, 2.75) is 34.3 Å². The SMILES string of the molecule is Nc1c(N=Nc2ccc3c(O)c(N=Nc4cc(S(=O)(=O)O)cc(S(=O)(=O)O)c4)c(S(=O)(=O)O)cc3c2S(=O)(=O)O)cc(S(=O)(=O)O)c2cc(SOOO)c(N=Nc3ccc([N+](=O)[O-])cc3S(=O)(=O)O)c(O)c12. The molecule has 0 fully saturated rings. The highest BCUT2D eigenvalue weighted by Gasteiger charge is 2.30. The summed E-state index contributed by atoms with van der Waals surface area (Å²) in [5.74, 6) is -2.62. The van der Waals surface area contributed by atoms with E-state index in [1.165, 1.54) is 0 Å². The zero-order chi connectivity index (χ0) is 53.8. The summed E-state index contributed by atoms with van der Waals surface area (Å²) < 4.78 is 212. The number of hydrogen-bond acceptors (Lipinski definition) is 27. The maximum atomic E-state index is 13.0. The third-order valence-corrected chi connectivity index (χ3v) is 15.0. The van der Waals surface area contributed by atoms with Crippen LogP contribution < -0.4 is 5.73 Å². The first-order chi connectivity index (χ1) is 33.0. The number of nitro groups is 1. The quantitative estimate of drug-likeness (QED) is 0.0100. The van der Waals surface area contributed by atoms with Gasteiger partial charge < -0.3 is 15.9 Å². The summed E-state index contributed by atoms with van der Waals surface area (Å²) in [5, 5.41) is 64.3. The molecule has 0 aliphatic rings. The van der Waals surface area contributed by atoms with Crippen molar-refractivity contribution >= 4 is 140 Å². The van der Waals surface area contributed by atoms with Crippen LogP contribution in [-0.4, -0.2) is 98.2 Å². The molecule has 0 saturated carbocycles. The van der Waals surface area contributed by atoms with Crippen LogP contribution in [0.2, 0.25) is 0 Å². The fourth-order valence-corrected chi connectivity index (χ4v) is 10.6. The molecule has 6 aromatic carbocycles. The minimum absolute atomic E-state index is 0.0443. The number of hydrogen-bond donors (Lipinski definition) is 10. The largest absolute Gasteiger partial charge is 0.505 e. The molecular weight excluding hydrogens is 1120 g/mol. The number of non-ortho nitro benzene ring substituents is 1. The van der Waals surface area contributed by atoms with Crippen molar-refractivity contribution in [3.8, 4) is 11.5 Å². The predicted octanol–water partition coefficient (Wildman–Crippen LogP) is 6.05. The van der Waals surface area contributed by atoms with Crippen LogP contribution in [-0.2, 0) is 70.1 Å². The lowest BCUT2D eigenvalue weighted by atomic mass is 10.0. The normalized spacial score (nSPS) is 13.3. The Bertz CT molecular complexity index is 4100. The summed E-state index contributed by atoms with van der Waals surface area (Å²) in [4.78, 5) is 1.92. The number of nitro benzene ring substituents is 1. The first-order valence-corrected chi connectivity index (χ1v) is 27.1. The molecule has 40 heteroatoms. The van der Waals surface area contributed by atoms with Gasteiger partial charge in [0.25, 0.3) is 66.4 Å². The van der Waals surface area contributed by atoms with Gasteiger partial charge in [0.15, 0.2) is 11.5 Å². The number of phenolic OH excluding ortho intramolecular Hbond substituents is 2. The lowest BCUT2D eigenvalue weighted by Crippen LogP contribution is -2.03. The Morgan fingerprint density at radius 3 is 1.60 bits per heavy atom. The van der Waals surface area contributed by atoms with Crippen LogP contribution in [0.5, 0.6) is 11.5 Å². The van der Waals surface area contributed by atoms with E-state index in [4.69, 9.17) is 11.0 Å². The maximum absolute atomic E-state index is 13.0. The van der Waals surface area contributed by atoms with Gasteiger partial charge in [-0.3, -0.25) is 37.4 Å². The van der Waals surface area contributed by atoms with Crippen LogP contribution >= 0.6 is 12.0 Å². The molecule has 382 valence electrons. The molecule has 0 amide bonds. The van der Waals surface area contributed by atoms with Crippen LogP contribution in [0.4, 0.5) is 45.5 Å². The molecule has 6 aromatic rings. The average molecular weight is 1140 g/mol. The van der Waals surface area contributed by atoms with Gasteiger partial charge in [-0.05, 0) is 54.6 Å². The van der Waals surface area contributed by atoms with E-state index in [0.717, 1.165) is 18.2 Å². The van der Waals surface area contributed by atoms with Crippen molar-refractivity contribution in [2.75, 3.05) is 5.73 Å². The highest BCUT2D eigenvalue weighted by atomic mass is 32.2. The minimum atomic E-state index is -5.71. The maximum Gasteiger partial charge on any atom is 0.297 e. The molecule has 0 aliphatic carbocycles.